The number of amides is 1. The molecule has 40 heavy (non-hydrogen) atoms. The second-order valence-corrected chi connectivity index (χ2v) is 9.54. The molecule has 0 aliphatic carbocycles. The number of ether oxygens (including phenoxy) is 3. The second kappa shape index (κ2) is 13.8. The lowest BCUT2D eigenvalue weighted by atomic mass is 10.2. The van der Waals surface area contributed by atoms with Crippen LogP contribution in [0, 0.1) is 0 Å². The average Bonchev–Trinajstić information content (AvgIpc) is 2.94. The predicted molar refractivity (Wildman–Crippen MR) is 156 cm³/mol. The Balaban J connectivity index is 1.42. The van der Waals surface area contributed by atoms with Crippen molar-refractivity contribution in [3.63, 3.8) is 0 Å². The van der Waals surface area contributed by atoms with E-state index in [1.807, 2.05) is 12.1 Å². The largest absolute Gasteiger partial charge is 0.490 e. The Hall–Kier alpha value is -4.04. The van der Waals surface area contributed by atoms with Crippen molar-refractivity contribution in [2.24, 2.45) is 5.10 Å². The number of halogens is 3. The summed E-state index contributed by atoms with van der Waals surface area (Å²) in [4.78, 5) is 25.5. The number of nitrogens with zero attached hydrogens (tertiary/aromatic N) is 1. The fourth-order valence-corrected chi connectivity index (χ4v) is 4.13. The summed E-state index contributed by atoms with van der Waals surface area (Å²) in [5.41, 5.74) is 4.51. The maximum Gasteiger partial charge on any atom is 0.345 e. The third-order valence-corrected chi connectivity index (χ3v) is 6.24. The summed E-state index contributed by atoms with van der Waals surface area (Å²) in [7, 11) is 0. The van der Waals surface area contributed by atoms with E-state index in [9.17, 15) is 9.59 Å². The highest BCUT2D eigenvalue weighted by Gasteiger charge is 2.17. The Kier molecular flexibility index (Phi) is 10.0. The van der Waals surface area contributed by atoms with E-state index >= 15 is 0 Å². The van der Waals surface area contributed by atoms with Crippen molar-refractivity contribution < 1.29 is 23.8 Å². The van der Waals surface area contributed by atoms with Gasteiger partial charge in [-0.05, 0) is 78.7 Å². The molecule has 4 rings (SSSR count). The number of benzene rings is 4. The summed E-state index contributed by atoms with van der Waals surface area (Å²) in [5, 5.41) is 5.27. The fraction of sp³-hybridized carbons (Fsp3) is 0.100. The summed E-state index contributed by atoms with van der Waals surface area (Å²) in [5.74, 6) is -0.176. The minimum atomic E-state index is -0.659. The summed E-state index contributed by atoms with van der Waals surface area (Å²) in [6, 6.07) is 23.5. The lowest BCUT2D eigenvalue weighted by Crippen LogP contribution is -2.18. The lowest BCUT2D eigenvalue weighted by Gasteiger charge is -2.12. The van der Waals surface area contributed by atoms with E-state index in [1.54, 1.807) is 67.6 Å². The van der Waals surface area contributed by atoms with Gasteiger partial charge in [-0.2, -0.15) is 5.10 Å². The molecule has 0 unspecified atom stereocenters. The van der Waals surface area contributed by atoms with Gasteiger partial charge in [-0.1, -0.05) is 59.1 Å². The van der Waals surface area contributed by atoms with E-state index in [2.05, 4.69) is 10.5 Å². The zero-order chi connectivity index (χ0) is 28.5. The number of hydrogen-bond donors (Lipinski definition) is 1. The molecule has 0 saturated heterocycles. The highest BCUT2D eigenvalue weighted by Crippen LogP contribution is 2.30. The Morgan fingerprint density at radius 1 is 0.800 bits per heavy atom. The fourth-order valence-electron chi connectivity index (χ4n) is 3.51. The molecule has 0 aliphatic rings. The van der Waals surface area contributed by atoms with Crippen LogP contribution in [0.4, 0.5) is 0 Å². The minimum absolute atomic E-state index is 0.166. The van der Waals surface area contributed by atoms with Gasteiger partial charge in [0.15, 0.2) is 11.5 Å². The van der Waals surface area contributed by atoms with Crippen molar-refractivity contribution in [2.45, 2.75) is 13.5 Å². The highest BCUT2D eigenvalue weighted by atomic mass is 35.5. The number of carbonyl (C=O) groups is 2. The molecule has 1 N–H and O–H groups in total. The average molecular weight is 598 g/mol. The molecule has 4 aromatic carbocycles. The standard InChI is InChI=1S/C30H23Cl3N2O5/c1-2-38-28-15-20(9-14-27(28)40-30(37)23-13-12-22(32)16-25(23)33)17-34-35-29(36)24-5-3-4-6-26(24)39-18-19-7-10-21(31)11-8-19/h3-17H,2,18H2,1H3,(H,35,36)/b34-17-. The molecular formula is C30H23Cl3N2O5. The second-order valence-electron chi connectivity index (χ2n) is 8.26. The van der Waals surface area contributed by atoms with Crippen molar-refractivity contribution in [2.75, 3.05) is 6.61 Å². The van der Waals surface area contributed by atoms with Gasteiger partial charge in [-0.25, -0.2) is 10.2 Å². The summed E-state index contributed by atoms with van der Waals surface area (Å²) in [6.45, 7) is 2.40. The number of nitrogens with one attached hydrogen (secondary N) is 1. The van der Waals surface area contributed by atoms with Gasteiger partial charge in [0, 0.05) is 10.0 Å². The summed E-state index contributed by atoms with van der Waals surface area (Å²) >= 11 is 18.0. The molecule has 0 fully saturated rings. The van der Waals surface area contributed by atoms with Crippen LogP contribution in [-0.4, -0.2) is 24.7 Å². The lowest BCUT2D eigenvalue weighted by molar-refractivity contribution is 0.0728. The van der Waals surface area contributed by atoms with Crippen LogP contribution < -0.4 is 19.6 Å². The van der Waals surface area contributed by atoms with E-state index in [4.69, 9.17) is 49.0 Å². The zero-order valence-electron chi connectivity index (χ0n) is 21.2. The van der Waals surface area contributed by atoms with Gasteiger partial charge in [0.2, 0.25) is 0 Å². The van der Waals surface area contributed by atoms with E-state index in [1.165, 1.54) is 18.3 Å². The van der Waals surface area contributed by atoms with Gasteiger partial charge < -0.3 is 14.2 Å². The topological polar surface area (TPSA) is 86.2 Å². The molecule has 1 amide bonds. The summed E-state index contributed by atoms with van der Waals surface area (Å²) < 4.78 is 17.0. The van der Waals surface area contributed by atoms with Gasteiger partial charge in [0.05, 0.1) is 29.0 Å². The van der Waals surface area contributed by atoms with Gasteiger partial charge in [0.1, 0.15) is 12.4 Å². The minimum Gasteiger partial charge on any atom is -0.490 e. The van der Waals surface area contributed by atoms with Gasteiger partial charge in [0.25, 0.3) is 5.91 Å². The van der Waals surface area contributed by atoms with Crippen LogP contribution >= 0.6 is 34.8 Å². The molecule has 10 heteroatoms. The Labute approximate surface area is 246 Å². The van der Waals surface area contributed by atoms with Gasteiger partial charge >= 0.3 is 5.97 Å². The normalized spacial score (nSPS) is 10.8. The number of hydrazone groups is 1. The maximum absolute atomic E-state index is 12.8. The molecule has 0 spiro atoms. The smallest absolute Gasteiger partial charge is 0.345 e. The van der Waals surface area contributed by atoms with E-state index in [-0.39, 0.29) is 22.9 Å². The third kappa shape index (κ3) is 7.76. The molecule has 0 heterocycles. The van der Waals surface area contributed by atoms with Crippen molar-refractivity contribution in [3.8, 4) is 17.2 Å². The van der Waals surface area contributed by atoms with Crippen molar-refractivity contribution >= 4 is 52.9 Å². The van der Waals surface area contributed by atoms with Gasteiger partial charge in [-0.15, -0.1) is 0 Å². The van der Waals surface area contributed by atoms with E-state index in [0.29, 0.717) is 39.3 Å². The molecule has 0 bridgehead atoms. The first-order valence-electron chi connectivity index (χ1n) is 12.1. The quantitative estimate of drug-likeness (QED) is 0.0880. The number of rotatable bonds is 10. The summed E-state index contributed by atoms with van der Waals surface area (Å²) in [6.07, 6.45) is 1.44. The number of para-hydroxylation sites is 1. The van der Waals surface area contributed by atoms with Crippen LogP contribution in [0.3, 0.4) is 0 Å². The molecule has 204 valence electrons. The Morgan fingerprint density at radius 2 is 1.55 bits per heavy atom. The first-order valence-corrected chi connectivity index (χ1v) is 13.2. The molecule has 0 aliphatic heterocycles. The maximum atomic E-state index is 12.8. The molecule has 0 aromatic heterocycles. The first kappa shape index (κ1) is 29.0. The molecule has 0 saturated carbocycles. The zero-order valence-corrected chi connectivity index (χ0v) is 23.5. The SMILES string of the molecule is CCOc1cc(/C=N\NC(=O)c2ccccc2OCc2ccc(Cl)cc2)ccc1OC(=O)c1ccc(Cl)cc1Cl. The number of carbonyl (C=O) groups excluding carboxylic acids is 2. The van der Waals surface area contributed by atoms with Gasteiger partial charge in [-0.3, -0.25) is 4.79 Å². The van der Waals surface area contributed by atoms with Crippen LogP contribution in [0.2, 0.25) is 15.1 Å². The first-order chi connectivity index (χ1) is 19.3. The monoisotopic (exact) mass is 596 g/mol. The number of hydrogen-bond acceptors (Lipinski definition) is 6. The molecule has 0 radical (unpaired) electrons. The van der Waals surface area contributed by atoms with Crippen LogP contribution in [0.25, 0.3) is 0 Å². The van der Waals surface area contributed by atoms with Crippen molar-refractivity contribution in [3.05, 3.63) is 122 Å². The van der Waals surface area contributed by atoms with Crippen LogP contribution in [0.15, 0.2) is 90.0 Å². The van der Waals surface area contributed by atoms with Crippen molar-refractivity contribution in [1.29, 1.82) is 0 Å². The van der Waals surface area contributed by atoms with E-state index < -0.39 is 11.9 Å². The highest BCUT2D eigenvalue weighted by molar-refractivity contribution is 6.36. The van der Waals surface area contributed by atoms with Crippen LogP contribution in [0.1, 0.15) is 38.8 Å². The third-order valence-electron chi connectivity index (χ3n) is 5.44. The molecular weight excluding hydrogens is 575 g/mol. The molecule has 4 aromatic rings. The van der Waals surface area contributed by atoms with Crippen LogP contribution in [0.5, 0.6) is 17.2 Å². The number of esters is 1. The van der Waals surface area contributed by atoms with E-state index in [0.717, 1.165) is 5.56 Å². The Morgan fingerprint density at radius 3 is 2.30 bits per heavy atom. The molecule has 7 nitrogen and oxygen atoms in total. The van der Waals surface area contributed by atoms with Crippen molar-refractivity contribution in [1.82, 2.24) is 5.43 Å². The Bertz CT molecular complexity index is 1540. The predicted octanol–water partition coefficient (Wildman–Crippen LogP) is 7.61. The molecule has 0 atom stereocenters. The van der Waals surface area contributed by atoms with Crippen LogP contribution in [-0.2, 0) is 6.61 Å².